The van der Waals surface area contributed by atoms with Gasteiger partial charge in [-0.2, -0.15) is 0 Å². The quantitative estimate of drug-likeness (QED) is 0.468. The Morgan fingerprint density at radius 3 is 2.85 bits per heavy atom. The summed E-state index contributed by atoms with van der Waals surface area (Å²) in [6.07, 6.45) is -0.772. The number of anilines is 1. The number of ether oxygens (including phenoxy) is 2. The molecule has 0 heterocycles. The van der Waals surface area contributed by atoms with Gasteiger partial charge < -0.3 is 15.2 Å². The number of nitrogens with two attached hydrogens (primary N) is 1. The van der Waals surface area contributed by atoms with Crippen LogP contribution in [-0.2, 0) is 4.74 Å². The van der Waals surface area contributed by atoms with Crippen molar-refractivity contribution < 1.29 is 14.3 Å². The van der Waals surface area contributed by atoms with Gasteiger partial charge in [0.05, 0.1) is 11.6 Å². The molecule has 0 fully saturated rings. The first-order chi connectivity index (χ1) is 6.13. The first-order valence-corrected chi connectivity index (χ1v) is 4.23. The smallest absolute Gasteiger partial charge is 0.437 e. The molecule has 2 N–H and O–H groups in total. The predicted molar refractivity (Wildman–Crippen MR) is 51.6 cm³/mol. The van der Waals surface area contributed by atoms with E-state index in [1.165, 1.54) is 13.2 Å². The van der Waals surface area contributed by atoms with Gasteiger partial charge in [0.1, 0.15) is 0 Å². The average molecular weight is 246 g/mol. The van der Waals surface area contributed by atoms with Gasteiger partial charge in [0.2, 0.25) is 0 Å². The summed E-state index contributed by atoms with van der Waals surface area (Å²) in [5.74, 6) is 0.340. The van der Waals surface area contributed by atoms with Crippen molar-refractivity contribution in [3.63, 3.8) is 0 Å². The number of hydrogen-bond donors (Lipinski definition) is 1. The van der Waals surface area contributed by atoms with Gasteiger partial charge in [-0.05, 0) is 28.1 Å². The van der Waals surface area contributed by atoms with E-state index in [1.807, 2.05) is 0 Å². The summed E-state index contributed by atoms with van der Waals surface area (Å²) >= 11 is 3.20. The number of rotatable bonds is 1. The molecule has 13 heavy (non-hydrogen) atoms. The zero-order valence-electron chi connectivity index (χ0n) is 6.91. The second-order valence-electron chi connectivity index (χ2n) is 2.25. The van der Waals surface area contributed by atoms with Crippen LogP contribution in [-0.4, -0.2) is 13.3 Å². The van der Waals surface area contributed by atoms with Crippen LogP contribution in [0.1, 0.15) is 0 Å². The topological polar surface area (TPSA) is 61.5 Å². The van der Waals surface area contributed by atoms with Gasteiger partial charge >= 0.3 is 6.16 Å². The molecule has 0 saturated heterocycles. The summed E-state index contributed by atoms with van der Waals surface area (Å²) in [6, 6.07) is 4.91. The molecule has 0 atom stereocenters. The fourth-order valence-electron chi connectivity index (χ4n) is 0.730. The van der Waals surface area contributed by atoms with Gasteiger partial charge in [0.15, 0.2) is 5.75 Å². The largest absolute Gasteiger partial charge is 0.513 e. The van der Waals surface area contributed by atoms with Crippen molar-refractivity contribution in [3.05, 3.63) is 22.7 Å². The summed E-state index contributed by atoms with van der Waals surface area (Å²) in [4.78, 5) is 10.7. The minimum Gasteiger partial charge on any atom is -0.437 e. The Bertz CT molecular complexity index is 327. The van der Waals surface area contributed by atoms with E-state index < -0.39 is 6.16 Å². The molecule has 0 spiro atoms. The van der Waals surface area contributed by atoms with E-state index in [9.17, 15) is 4.79 Å². The zero-order chi connectivity index (χ0) is 9.84. The predicted octanol–water partition coefficient (Wildman–Crippen LogP) is 2.18. The number of hydrogen-bond acceptors (Lipinski definition) is 4. The van der Waals surface area contributed by atoms with E-state index in [1.54, 1.807) is 12.1 Å². The Labute approximate surface area is 83.8 Å². The van der Waals surface area contributed by atoms with Crippen molar-refractivity contribution in [2.45, 2.75) is 0 Å². The highest BCUT2D eigenvalue weighted by molar-refractivity contribution is 9.10. The van der Waals surface area contributed by atoms with Crippen LogP contribution < -0.4 is 10.5 Å². The Balaban J connectivity index is 2.87. The van der Waals surface area contributed by atoms with Crippen LogP contribution in [0.25, 0.3) is 0 Å². The van der Waals surface area contributed by atoms with Crippen molar-refractivity contribution in [1.29, 1.82) is 0 Å². The van der Waals surface area contributed by atoms with Crippen molar-refractivity contribution in [2.75, 3.05) is 12.8 Å². The molecule has 1 aromatic rings. The number of nitrogen functional groups attached to an aromatic ring is 1. The van der Waals surface area contributed by atoms with Crippen molar-refractivity contribution >= 4 is 27.8 Å². The Kier molecular flexibility index (Phi) is 3.13. The molecule has 0 bridgehead atoms. The van der Waals surface area contributed by atoms with Gasteiger partial charge in [-0.3, -0.25) is 0 Å². The molecular weight excluding hydrogens is 238 g/mol. The third-order valence-electron chi connectivity index (χ3n) is 1.32. The monoisotopic (exact) mass is 245 g/mol. The molecule has 0 radical (unpaired) electrons. The second kappa shape index (κ2) is 4.13. The van der Waals surface area contributed by atoms with Crippen molar-refractivity contribution in [2.24, 2.45) is 0 Å². The molecule has 1 aromatic carbocycles. The van der Waals surface area contributed by atoms with Gasteiger partial charge in [0, 0.05) is 11.8 Å². The summed E-state index contributed by atoms with van der Waals surface area (Å²) in [5.41, 5.74) is 6.01. The molecule has 70 valence electrons. The molecule has 0 aromatic heterocycles. The first-order valence-electron chi connectivity index (χ1n) is 3.44. The minimum absolute atomic E-state index is 0.340. The van der Waals surface area contributed by atoms with Crippen LogP contribution >= 0.6 is 15.9 Å². The third kappa shape index (κ3) is 2.62. The Hall–Kier alpha value is -1.23. The lowest BCUT2D eigenvalue weighted by Crippen LogP contribution is -2.07. The standard InChI is InChI=1S/C8H8BrNO3/c1-12-8(11)13-7-4-5(10)2-3-6(7)9/h2-4H,10H2,1H3. The number of methoxy groups -OCH3 is 1. The Morgan fingerprint density at radius 2 is 2.23 bits per heavy atom. The highest BCUT2D eigenvalue weighted by atomic mass is 79.9. The minimum atomic E-state index is -0.772. The van der Waals surface area contributed by atoms with Crippen molar-refractivity contribution in [3.8, 4) is 5.75 Å². The van der Waals surface area contributed by atoms with Crippen LogP contribution in [0.5, 0.6) is 5.75 Å². The summed E-state index contributed by atoms with van der Waals surface area (Å²) in [5, 5.41) is 0. The third-order valence-corrected chi connectivity index (χ3v) is 1.97. The lowest BCUT2D eigenvalue weighted by atomic mass is 10.3. The molecule has 0 aliphatic rings. The van der Waals surface area contributed by atoms with Crippen molar-refractivity contribution in [1.82, 2.24) is 0 Å². The zero-order valence-corrected chi connectivity index (χ0v) is 8.50. The fourth-order valence-corrected chi connectivity index (χ4v) is 1.06. The van der Waals surface area contributed by atoms with E-state index in [2.05, 4.69) is 20.7 Å². The highest BCUT2D eigenvalue weighted by Crippen LogP contribution is 2.27. The van der Waals surface area contributed by atoms with Crippen LogP contribution in [0.15, 0.2) is 22.7 Å². The van der Waals surface area contributed by atoms with Gasteiger partial charge in [-0.25, -0.2) is 4.79 Å². The molecule has 0 amide bonds. The number of carbonyl (C=O) groups is 1. The molecule has 4 nitrogen and oxygen atoms in total. The van der Waals surface area contributed by atoms with Crippen LogP contribution in [0.2, 0.25) is 0 Å². The van der Waals surface area contributed by atoms with E-state index in [4.69, 9.17) is 10.5 Å². The molecule has 0 aliphatic carbocycles. The first kappa shape index (κ1) is 9.85. The maximum absolute atomic E-state index is 10.7. The van der Waals surface area contributed by atoms with Crippen LogP contribution in [0, 0.1) is 0 Å². The summed E-state index contributed by atoms with van der Waals surface area (Å²) in [7, 11) is 1.24. The molecule has 0 saturated carbocycles. The van der Waals surface area contributed by atoms with E-state index in [0.29, 0.717) is 15.9 Å². The summed E-state index contributed by atoms with van der Waals surface area (Å²) in [6.45, 7) is 0. The van der Waals surface area contributed by atoms with Gasteiger partial charge in [0.25, 0.3) is 0 Å². The van der Waals surface area contributed by atoms with E-state index in [0.717, 1.165) is 0 Å². The molecular formula is C8H8BrNO3. The number of carbonyl (C=O) groups excluding carboxylic acids is 1. The van der Waals surface area contributed by atoms with E-state index in [-0.39, 0.29) is 0 Å². The maximum atomic E-state index is 10.7. The lowest BCUT2D eigenvalue weighted by molar-refractivity contribution is 0.121. The number of benzene rings is 1. The number of halogens is 1. The molecule has 0 aliphatic heterocycles. The van der Waals surface area contributed by atoms with Gasteiger partial charge in [-0.1, -0.05) is 0 Å². The SMILES string of the molecule is COC(=O)Oc1cc(N)ccc1Br. The average Bonchev–Trinajstić information content (AvgIpc) is 2.11. The lowest BCUT2D eigenvalue weighted by Gasteiger charge is -2.04. The second-order valence-corrected chi connectivity index (χ2v) is 3.10. The van der Waals surface area contributed by atoms with Crippen LogP contribution in [0.3, 0.4) is 0 Å². The Morgan fingerprint density at radius 1 is 1.54 bits per heavy atom. The molecule has 1 rings (SSSR count). The normalized spacial score (nSPS) is 9.38. The molecule has 5 heteroatoms. The maximum Gasteiger partial charge on any atom is 0.513 e. The van der Waals surface area contributed by atoms with Crippen LogP contribution in [0.4, 0.5) is 10.5 Å². The van der Waals surface area contributed by atoms with Gasteiger partial charge in [-0.15, -0.1) is 0 Å². The fraction of sp³-hybridized carbons (Fsp3) is 0.125. The highest BCUT2D eigenvalue weighted by Gasteiger charge is 2.07. The van der Waals surface area contributed by atoms with E-state index >= 15 is 0 Å². The summed E-state index contributed by atoms with van der Waals surface area (Å²) < 4.78 is 9.76. The molecule has 0 unspecified atom stereocenters.